The van der Waals surface area contributed by atoms with E-state index in [-0.39, 0.29) is 17.4 Å². The van der Waals surface area contributed by atoms with Crippen LogP contribution in [0.1, 0.15) is 30.0 Å². The predicted octanol–water partition coefficient (Wildman–Crippen LogP) is 4.74. The number of fused-ring (bicyclic) bond motifs is 1. The normalized spacial score (nSPS) is 12.2. The van der Waals surface area contributed by atoms with Gasteiger partial charge in [0, 0.05) is 17.0 Å². The minimum absolute atomic E-state index is 0.164. The van der Waals surface area contributed by atoms with Crippen molar-refractivity contribution in [2.75, 3.05) is 12.4 Å². The summed E-state index contributed by atoms with van der Waals surface area (Å²) in [5, 5.41) is 6.98. The van der Waals surface area contributed by atoms with E-state index in [2.05, 4.69) is 17.4 Å². The number of aromatic nitrogens is 3. The standard InChI is InChI=1S/C23H24N4O4S2/c1-6-17-13(3)19-21(33-17)25-23(27(22(19)29)15-8-7-9-16(11-15)30-5)32-14(4)20(28)24-18-10-12(2)26-31-18/h7-11,14H,6H2,1-5H3,(H,24,28). The summed E-state index contributed by atoms with van der Waals surface area (Å²) < 4.78 is 12.0. The number of hydrogen-bond donors (Lipinski definition) is 1. The molecule has 4 rings (SSSR count). The molecule has 3 heterocycles. The molecular formula is C23H24N4O4S2. The van der Waals surface area contributed by atoms with Crippen LogP contribution in [0.3, 0.4) is 0 Å². The molecule has 1 N–H and O–H groups in total. The first kappa shape index (κ1) is 23.1. The van der Waals surface area contributed by atoms with Crippen LogP contribution in [0.2, 0.25) is 0 Å². The Labute approximate surface area is 199 Å². The number of hydrogen-bond acceptors (Lipinski definition) is 8. The molecule has 1 aromatic carbocycles. The quantitative estimate of drug-likeness (QED) is 0.299. The summed E-state index contributed by atoms with van der Waals surface area (Å²) >= 11 is 2.73. The van der Waals surface area contributed by atoms with Gasteiger partial charge in [0.1, 0.15) is 10.6 Å². The monoisotopic (exact) mass is 484 g/mol. The van der Waals surface area contributed by atoms with Crippen LogP contribution in [0.4, 0.5) is 5.88 Å². The van der Waals surface area contributed by atoms with E-state index in [1.54, 1.807) is 37.7 Å². The molecule has 0 fully saturated rings. The second kappa shape index (κ2) is 9.40. The number of carbonyl (C=O) groups excluding carboxylic acids is 1. The summed E-state index contributed by atoms with van der Waals surface area (Å²) in [6.45, 7) is 7.55. The molecule has 0 aliphatic rings. The highest BCUT2D eigenvalue weighted by Crippen LogP contribution is 2.32. The highest BCUT2D eigenvalue weighted by Gasteiger charge is 2.23. The number of aryl methyl sites for hydroxylation is 3. The fourth-order valence-corrected chi connectivity index (χ4v) is 5.55. The fourth-order valence-electron chi connectivity index (χ4n) is 3.46. The number of rotatable bonds is 7. The van der Waals surface area contributed by atoms with Crippen molar-refractivity contribution in [3.05, 3.63) is 56.8 Å². The summed E-state index contributed by atoms with van der Waals surface area (Å²) in [5.41, 5.74) is 2.08. The van der Waals surface area contributed by atoms with E-state index in [0.717, 1.165) is 16.9 Å². The third-order valence-electron chi connectivity index (χ3n) is 5.19. The second-order valence-electron chi connectivity index (χ2n) is 7.50. The molecule has 4 aromatic rings. The number of amides is 1. The van der Waals surface area contributed by atoms with E-state index in [1.165, 1.54) is 23.1 Å². The molecule has 0 saturated carbocycles. The van der Waals surface area contributed by atoms with Crippen molar-refractivity contribution in [1.29, 1.82) is 0 Å². The topological polar surface area (TPSA) is 99.3 Å². The summed E-state index contributed by atoms with van der Waals surface area (Å²) in [4.78, 5) is 33.1. The number of nitrogens with zero attached hydrogens (tertiary/aromatic N) is 3. The lowest BCUT2D eigenvalue weighted by atomic mass is 10.2. The average Bonchev–Trinajstić information content (AvgIpc) is 3.35. The Hall–Kier alpha value is -3.11. The maximum absolute atomic E-state index is 13.7. The molecular weight excluding hydrogens is 460 g/mol. The molecule has 33 heavy (non-hydrogen) atoms. The Kier molecular flexibility index (Phi) is 6.57. The molecule has 1 amide bonds. The van der Waals surface area contributed by atoms with Gasteiger partial charge in [-0.05, 0) is 44.9 Å². The van der Waals surface area contributed by atoms with Gasteiger partial charge in [-0.15, -0.1) is 11.3 Å². The summed E-state index contributed by atoms with van der Waals surface area (Å²) in [7, 11) is 1.58. The van der Waals surface area contributed by atoms with Crippen LogP contribution in [0.15, 0.2) is 44.8 Å². The van der Waals surface area contributed by atoms with Crippen LogP contribution >= 0.6 is 23.1 Å². The van der Waals surface area contributed by atoms with E-state index in [0.29, 0.717) is 32.5 Å². The Morgan fingerprint density at radius 1 is 1.33 bits per heavy atom. The molecule has 0 bridgehead atoms. The number of anilines is 1. The maximum Gasteiger partial charge on any atom is 0.267 e. The molecule has 0 saturated heterocycles. The minimum Gasteiger partial charge on any atom is -0.497 e. The lowest BCUT2D eigenvalue weighted by molar-refractivity contribution is -0.115. The average molecular weight is 485 g/mol. The highest BCUT2D eigenvalue weighted by molar-refractivity contribution is 8.00. The smallest absolute Gasteiger partial charge is 0.267 e. The second-order valence-corrected chi connectivity index (χ2v) is 9.89. The highest BCUT2D eigenvalue weighted by atomic mass is 32.2. The number of thioether (sulfide) groups is 1. The molecule has 0 radical (unpaired) electrons. The molecule has 8 nitrogen and oxygen atoms in total. The van der Waals surface area contributed by atoms with E-state index in [4.69, 9.17) is 14.2 Å². The Morgan fingerprint density at radius 2 is 2.12 bits per heavy atom. The molecule has 1 atom stereocenters. The molecule has 0 aliphatic heterocycles. The van der Waals surface area contributed by atoms with E-state index >= 15 is 0 Å². The first-order valence-corrected chi connectivity index (χ1v) is 12.1. The zero-order valence-corrected chi connectivity index (χ0v) is 20.6. The van der Waals surface area contributed by atoms with Gasteiger partial charge in [0.25, 0.3) is 5.56 Å². The van der Waals surface area contributed by atoms with Gasteiger partial charge in [-0.1, -0.05) is 29.9 Å². The van der Waals surface area contributed by atoms with E-state index < -0.39 is 5.25 Å². The van der Waals surface area contributed by atoms with Crippen molar-refractivity contribution < 1.29 is 14.1 Å². The zero-order chi connectivity index (χ0) is 23.7. The number of benzene rings is 1. The van der Waals surface area contributed by atoms with Gasteiger partial charge >= 0.3 is 0 Å². The zero-order valence-electron chi connectivity index (χ0n) is 19.0. The van der Waals surface area contributed by atoms with Crippen LogP contribution < -0.4 is 15.6 Å². The number of carbonyl (C=O) groups is 1. The Morgan fingerprint density at radius 3 is 2.79 bits per heavy atom. The van der Waals surface area contributed by atoms with Gasteiger partial charge < -0.3 is 9.26 Å². The van der Waals surface area contributed by atoms with Crippen LogP contribution in [-0.4, -0.2) is 33.0 Å². The third kappa shape index (κ3) is 4.53. The third-order valence-corrected chi connectivity index (χ3v) is 7.57. The fraction of sp³-hybridized carbons (Fsp3) is 0.304. The first-order chi connectivity index (χ1) is 15.8. The molecule has 3 aromatic heterocycles. The molecule has 1 unspecified atom stereocenters. The molecule has 0 aliphatic carbocycles. The predicted molar refractivity (Wildman–Crippen MR) is 131 cm³/mol. The van der Waals surface area contributed by atoms with Gasteiger partial charge in [-0.3, -0.25) is 19.5 Å². The van der Waals surface area contributed by atoms with Crippen LogP contribution in [-0.2, 0) is 11.2 Å². The Bertz CT molecular complexity index is 1390. The number of ether oxygens (including phenoxy) is 1. The van der Waals surface area contributed by atoms with Crippen molar-refractivity contribution in [3.63, 3.8) is 0 Å². The lowest BCUT2D eigenvalue weighted by Crippen LogP contribution is -2.26. The summed E-state index contributed by atoms with van der Waals surface area (Å²) in [5.74, 6) is 0.623. The summed E-state index contributed by atoms with van der Waals surface area (Å²) in [6.07, 6.45) is 0.823. The number of thiophene rings is 1. The van der Waals surface area contributed by atoms with Gasteiger partial charge in [0.05, 0.1) is 29.1 Å². The molecule has 0 spiro atoms. The van der Waals surface area contributed by atoms with E-state index in [9.17, 15) is 9.59 Å². The molecule has 172 valence electrons. The van der Waals surface area contributed by atoms with Crippen LogP contribution in [0.5, 0.6) is 5.75 Å². The number of nitrogens with one attached hydrogen (secondary N) is 1. The minimum atomic E-state index is -0.552. The first-order valence-electron chi connectivity index (χ1n) is 10.4. The van der Waals surface area contributed by atoms with Gasteiger partial charge in [0.2, 0.25) is 11.8 Å². The maximum atomic E-state index is 13.7. The van der Waals surface area contributed by atoms with Gasteiger partial charge in [-0.25, -0.2) is 4.98 Å². The van der Waals surface area contributed by atoms with E-state index in [1.807, 2.05) is 25.1 Å². The number of methoxy groups -OCH3 is 1. The molecule has 10 heteroatoms. The van der Waals surface area contributed by atoms with Crippen molar-refractivity contribution >= 4 is 45.1 Å². The summed E-state index contributed by atoms with van der Waals surface area (Å²) in [6, 6.07) is 8.88. The van der Waals surface area contributed by atoms with Crippen LogP contribution in [0, 0.1) is 13.8 Å². The van der Waals surface area contributed by atoms with Crippen molar-refractivity contribution in [2.45, 2.75) is 44.5 Å². The van der Waals surface area contributed by atoms with Crippen molar-refractivity contribution in [1.82, 2.24) is 14.7 Å². The van der Waals surface area contributed by atoms with Crippen LogP contribution in [0.25, 0.3) is 15.9 Å². The van der Waals surface area contributed by atoms with Crippen molar-refractivity contribution in [3.8, 4) is 11.4 Å². The largest absolute Gasteiger partial charge is 0.497 e. The van der Waals surface area contributed by atoms with Gasteiger partial charge in [0.15, 0.2) is 5.16 Å². The Balaban J connectivity index is 1.80. The van der Waals surface area contributed by atoms with Crippen molar-refractivity contribution in [2.24, 2.45) is 0 Å². The van der Waals surface area contributed by atoms with Gasteiger partial charge in [-0.2, -0.15) is 0 Å². The SMILES string of the molecule is CCc1sc2nc(SC(C)C(=O)Nc3cc(C)no3)n(-c3cccc(OC)c3)c(=O)c2c1C. The lowest BCUT2D eigenvalue weighted by Gasteiger charge is -2.16.